The molecule has 0 bridgehead atoms. The summed E-state index contributed by atoms with van der Waals surface area (Å²) in [4.78, 5) is 29.4. The lowest BCUT2D eigenvalue weighted by molar-refractivity contribution is -0.135. The van der Waals surface area contributed by atoms with E-state index in [-0.39, 0.29) is 18.8 Å². The Kier molecular flexibility index (Phi) is 11.4. The fourth-order valence-electron chi connectivity index (χ4n) is 6.57. The van der Waals surface area contributed by atoms with Crippen LogP contribution in [0.25, 0.3) is 12.2 Å². The summed E-state index contributed by atoms with van der Waals surface area (Å²) in [7, 11) is -2.47. The van der Waals surface area contributed by atoms with Crippen molar-refractivity contribution < 1.29 is 36.8 Å². The summed E-state index contributed by atoms with van der Waals surface area (Å²) in [6, 6.07) is 34.0. The number of methoxy groups -OCH3 is 1. The molecule has 1 N–H and O–H groups in total. The number of carbonyl (C=O) groups excluding carboxylic acids is 2. The standard InChI is InChI=1S/C43H41NO8S/c1-29-25-34(42(45)51-28-33-11-5-4-6-12-33)26-30(2)41(29)52-43(46)40-36-13-7-8-14-38(36)44(23-9-10-24-53(47,48)49)39-27-32(19-22-37(39)40)16-15-31-17-20-35(50-3)21-18-31/h4-8,11-22,25-27,40H,9-10,23-24,28H2,1-3H3,(H,47,48,49). The average Bonchev–Trinajstić information content (AvgIpc) is 3.15. The number of hydrogen-bond donors (Lipinski definition) is 1. The van der Waals surface area contributed by atoms with Gasteiger partial charge >= 0.3 is 11.9 Å². The third-order valence-corrected chi connectivity index (χ3v) is 9.96. The molecule has 1 atom stereocenters. The van der Waals surface area contributed by atoms with Crippen LogP contribution in [0, 0.1) is 13.8 Å². The van der Waals surface area contributed by atoms with Gasteiger partial charge in [0.25, 0.3) is 10.1 Å². The van der Waals surface area contributed by atoms with Crippen LogP contribution in [-0.2, 0) is 26.3 Å². The third-order valence-electron chi connectivity index (χ3n) is 9.16. The number of fused-ring (bicyclic) bond motifs is 2. The molecule has 6 rings (SSSR count). The predicted molar refractivity (Wildman–Crippen MR) is 206 cm³/mol. The van der Waals surface area contributed by atoms with Crippen molar-refractivity contribution in [2.24, 2.45) is 0 Å². The largest absolute Gasteiger partial charge is 0.497 e. The van der Waals surface area contributed by atoms with E-state index >= 15 is 0 Å². The summed E-state index contributed by atoms with van der Waals surface area (Å²) >= 11 is 0. The second-order valence-corrected chi connectivity index (χ2v) is 14.6. The van der Waals surface area contributed by atoms with Crippen LogP contribution < -0.4 is 14.4 Å². The minimum Gasteiger partial charge on any atom is -0.497 e. The second-order valence-electron chi connectivity index (χ2n) is 13.0. The van der Waals surface area contributed by atoms with Crippen LogP contribution in [-0.4, -0.2) is 44.3 Å². The number of aryl methyl sites for hydroxylation is 2. The van der Waals surface area contributed by atoms with E-state index in [2.05, 4.69) is 4.90 Å². The van der Waals surface area contributed by atoms with Gasteiger partial charge in [-0.25, -0.2) is 4.79 Å². The molecular weight excluding hydrogens is 691 g/mol. The molecule has 0 radical (unpaired) electrons. The molecule has 272 valence electrons. The molecule has 0 amide bonds. The highest BCUT2D eigenvalue weighted by Gasteiger charge is 2.36. The van der Waals surface area contributed by atoms with Gasteiger partial charge in [-0.3, -0.25) is 9.35 Å². The highest BCUT2D eigenvalue weighted by Crippen LogP contribution is 2.47. The fraction of sp³-hybridized carbons (Fsp3) is 0.209. The van der Waals surface area contributed by atoms with Crippen molar-refractivity contribution in [1.82, 2.24) is 0 Å². The maximum absolute atomic E-state index is 14.3. The van der Waals surface area contributed by atoms with Gasteiger partial charge in [0, 0.05) is 17.9 Å². The van der Waals surface area contributed by atoms with Crippen molar-refractivity contribution in [3.05, 3.63) is 154 Å². The number of hydrogen-bond acceptors (Lipinski definition) is 8. The molecule has 5 aromatic rings. The van der Waals surface area contributed by atoms with Gasteiger partial charge in [0.05, 0.1) is 18.4 Å². The molecule has 1 aliphatic rings. The zero-order valence-corrected chi connectivity index (χ0v) is 30.6. The molecule has 0 aliphatic carbocycles. The highest BCUT2D eigenvalue weighted by atomic mass is 32.2. The van der Waals surface area contributed by atoms with E-state index in [1.54, 1.807) is 33.1 Å². The molecule has 0 aromatic heterocycles. The van der Waals surface area contributed by atoms with Gasteiger partial charge < -0.3 is 19.1 Å². The molecule has 53 heavy (non-hydrogen) atoms. The smallest absolute Gasteiger partial charge is 0.338 e. The quantitative estimate of drug-likeness (QED) is 0.0417. The number of esters is 2. The highest BCUT2D eigenvalue weighted by molar-refractivity contribution is 7.85. The number of nitrogens with zero attached hydrogens (tertiary/aromatic N) is 1. The Hall–Kier alpha value is -5.71. The van der Waals surface area contributed by atoms with E-state index in [4.69, 9.17) is 14.2 Å². The zero-order chi connectivity index (χ0) is 37.5. The zero-order valence-electron chi connectivity index (χ0n) is 29.8. The number of ether oxygens (including phenoxy) is 3. The van der Waals surface area contributed by atoms with Crippen molar-refractivity contribution in [2.45, 2.75) is 39.2 Å². The summed E-state index contributed by atoms with van der Waals surface area (Å²) < 4.78 is 49.2. The average molecular weight is 732 g/mol. The predicted octanol–water partition coefficient (Wildman–Crippen LogP) is 8.70. The third kappa shape index (κ3) is 9.03. The van der Waals surface area contributed by atoms with Gasteiger partial charge in [-0.05, 0) is 102 Å². The van der Waals surface area contributed by atoms with Gasteiger partial charge in [0.15, 0.2) is 0 Å². The summed E-state index contributed by atoms with van der Waals surface area (Å²) in [5.41, 5.74) is 7.44. The van der Waals surface area contributed by atoms with Crippen molar-refractivity contribution in [2.75, 3.05) is 24.3 Å². The van der Waals surface area contributed by atoms with Crippen molar-refractivity contribution in [1.29, 1.82) is 0 Å². The van der Waals surface area contributed by atoms with Gasteiger partial charge in [0.2, 0.25) is 0 Å². The SMILES string of the molecule is COc1ccc(C=Cc2ccc3c(c2)N(CCCCS(=O)(=O)O)c2ccccc2C3C(=O)Oc2c(C)cc(C(=O)OCc3ccccc3)cc2C)cc1. The number of unbranched alkanes of at least 4 members (excludes halogenated alkanes) is 1. The van der Waals surface area contributed by atoms with E-state index in [0.717, 1.165) is 44.9 Å². The first-order valence-electron chi connectivity index (χ1n) is 17.3. The molecule has 0 fully saturated rings. The fourth-order valence-corrected chi connectivity index (χ4v) is 7.14. The van der Waals surface area contributed by atoms with Crippen LogP contribution in [0.5, 0.6) is 11.5 Å². The Morgan fingerprint density at radius 2 is 1.42 bits per heavy atom. The lowest BCUT2D eigenvalue weighted by Gasteiger charge is -2.37. The summed E-state index contributed by atoms with van der Waals surface area (Å²) in [5, 5.41) is 0. The van der Waals surface area contributed by atoms with Crippen LogP contribution in [0.3, 0.4) is 0 Å². The van der Waals surface area contributed by atoms with E-state index in [0.29, 0.717) is 35.4 Å². The summed E-state index contributed by atoms with van der Waals surface area (Å²) in [6.45, 7) is 4.18. The van der Waals surface area contributed by atoms with Gasteiger partial charge in [-0.15, -0.1) is 0 Å². The molecule has 0 spiro atoms. The first-order valence-corrected chi connectivity index (χ1v) is 18.9. The van der Waals surface area contributed by atoms with Crippen LogP contribution in [0.2, 0.25) is 0 Å². The van der Waals surface area contributed by atoms with Crippen LogP contribution >= 0.6 is 0 Å². The molecule has 9 nitrogen and oxygen atoms in total. The number of benzene rings is 5. The minimum atomic E-state index is -4.09. The van der Waals surface area contributed by atoms with Crippen LogP contribution in [0.4, 0.5) is 11.4 Å². The molecule has 1 heterocycles. The van der Waals surface area contributed by atoms with Gasteiger partial charge in [0.1, 0.15) is 24.0 Å². The monoisotopic (exact) mass is 731 g/mol. The Morgan fingerprint density at radius 1 is 0.774 bits per heavy atom. The minimum absolute atomic E-state index is 0.144. The lowest BCUT2D eigenvalue weighted by Crippen LogP contribution is -2.31. The first kappa shape index (κ1) is 37.1. The Morgan fingerprint density at radius 3 is 2.11 bits per heavy atom. The number of para-hydroxylation sites is 1. The Labute approximate surface area is 310 Å². The summed E-state index contributed by atoms with van der Waals surface area (Å²) in [5.74, 6) is -0.917. The van der Waals surface area contributed by atoms with E-state index in [1.807, 2.05) is 109 Å². The van der Waals surface area contributed by atoms with Gasteiger partial charge in [-0.2, -0.15) is 8.42 Å². The van der Waals surface area contributed by atoms with Crippen molar-refractivity contribution in [3.8, 4) is 11.5 Å². The van der Waals surface area contributed by atoms with Crippen molar-refractivity contribution in [3.63, 3.8) is 0 Å². The number of anilines is 2. The van der Waals surface area contributed by atoms with E-state index in [1.165, 1.54) is 0 Å². The molecule has 1 unspecified atom stereocenters. The van der Waals surface area contributed by atoms with E-state index < -0.39 is 28.0 Å². The molecule has 1 aliphatic heterocycles. The lowest BCUT2D eigenvalue weighted by atomic mass is 9.84. The summed E-state index contributed by atoms with van der Waals surface area (Å²) in [6.07, 6.45) is 4.73. The molecule has 10 heteroatoms. The first-order chi connectivity index (χ1) is 25.5. The molecular formula is C43H41NO8S. The number of rotatable bonds is 13. The van der Waals surface area contributed by atoms with Crippen LogP contribution in [0.15, 0.2) is 109 Å². The molecule has 5 aromatic carbocycles. The maximum atomic E-state index is 14.3. The second kappa shape index (κ2) is 16.3. The Balaban J connectivity index is 1.30. The topological polar surface area (TPSA) is 119 Å². The maximum Gasteiger partial charge on any atom is 0.338 e. The van der Waals surface area contributed by atoms with Crippen molar-refractivity contribution >= 4 is 45.6 Å². The Bertz CT molecular complexity index is 2230. The van der Waals surface area contributed by atoms with Gasteiger partial charge in [-0.1, -0.05) is 84.9 Å². The number of carbonyl (C=O) groups is 2. The normalized spacial score (nSPS) is 13.7. The van der Waals surface area contributed by atoms with E-state index in [9.17, 15) is 22.6 Å². The molecule has 0 saturated heterocycles. The molecule has 0 saturated carbocycles. The van der Waals surface area contributed by atoms with Crippen LogP contribution in [0.1, 0.15) is 68.1 Å².